The van der Waals surface area contributed by atoms with Gasteiger partial charge in [0.05, 0.1) is 0 Å². The average molecular weight is 277 g/mol. The fourth-order valence-electron chi connectivity index (χ4n) is 1.53. The van der Waals surface area contributed by atoms with Crippen molar-refractivity contribution in [1.29, 1.82) is 0 Å². The average Bonchev–Trinajstić information content (AvgIpc) is 2.29. The highest BCUT2D eigenvalue weighted by Crippen LogP contribution is 2.24. The highest BCUT2D eigenvalue weighted by atomic mass is 79.9. The van der Waals surface area contributed by atoms with Gasteiger partial charge in [-0.1, -0.05) is 40.2 Å². The van der Waals surface area contributed by atoms with Gasteiger partial charge < -0.3 is 4.74 Å². The third-order valence-corrected chi connectivity index (χ3v) is 2.85. The first-order valence-electron chi connectivity index (χ1n) is 5.23. The summed E-state index contributed by atoms with van der Waals surface area (Å²) >= 11 is 3.46. The maximum atomic E-state index is 5.59. The maximum absolute atomic E-state index is 5.59. The summed E-state index contributed by atoms with van der Waals surface area (Å²) < 4.78 is 6.69. The van der Waals surface area contributed by atoms with Crippen LogP contribution in [0.25, 0.3) is 10.8 Å². The predicted molar refractivity (Wildman–Crippen MR) is 72.0 cm³/mol. The van der Waals surface area contributed by atoms with Crippen LogP contribution in [0.15, 0.2) is 53.0 Å². The Morgan fingerprint density at radius 2 is 1.88 bits per heavy atom. The molecule has 0 atom stereocenters. The van der Waals surface area contributed by atoms with Crippen molar-refractivity contribution >= 4 is 26.7 Å². The van der Waals surface area contributed by atoms with Crippen molar-refractivity contribution in [1.82, 2.24) is 0 Å². The minimum Gasteiger partial charge on any atom is -0.490 e. The Bertz CT molecular complexity index is 517. The topological polar surface area (TPSA) is 9.23 Å². The van der Waals surface area contributed by atoms with Crippen LogP contribution in [0.3, 0.4) is 0 Å². The van der Waals surface area contributed by atoms with Crippen LogP contribution in [0.5, 0.6) is 5.75 Å². The molecule has 0 radical (unpaired) electrons. The summed E-state index contributed by atoms with van der Waals surface area (Å²) in [7, 11) is 0. The van der Waals surface area contributed by atoms with E-state index in [0.717, 1.165) is 10.2 Å². The lowest BCUT2D eigenvalue weighted by atomic mass is 10.1. The minimum atomic E-state index is 0.624. The van der Waals surface area contributed by atoms with Crippen molar-refractivity contribution in [2.24, 2.45) is 0 Å². The summed E-state index contributed by atoms with van der Waals surface area (Å²) in [5, 5.41) is 2.41. The number of benzene rings is 2. The van der Waals surface area contributed by atoms with Crippen LogP contribution in [0.1, 0.15) is 6.92 Å². The number of halogens is 1. The molecule has 0 saturated heterocycles. The molecule has 0 N–H and O–H groups in total. The molecular formula is C14H13BrO. The van der Waals surface area contributed by atoms with Gasteiger partial charge in [-0.05, 0) is 42.0 Å². The SMILES string of the molecule is CC=CCOc1ccc2cc(Br)ccc2c1. The molecule has 0 aliphatic carbocycles. The molecule has 16 heavy (non-hydrogen) atoms. The Balaban J connectivity index is 2.26. The molecule has 2 heteroatoms. The van der Waals surface area contributed by atoms with Gasteiger partial charge in [0, 0.05) is 4.47 Å². The highest BCUT2D eigenvalue weighted by molar-refractivity contribution is 9.10. The Kier molecular flexibility index (Phi) is 3.62. The van der Waals surface area contributed by atoms with Gasteiger partial charge in [-0.25, -0.2) is 0 Å². The van der Waals surface area contributed by atoms with E-state index < -0.39 is 0 Å². The summed E-state index contributed by atoms with van der Waals surface area (Å²) in [6, 6.07) is 12.4. The van der Waals surface area contributed by atoms with Crippen molar-refractivity contribution in [3.8, 4) is 5.75 Å². The van der Waals surface area contributed by atoms with Crippen LogP contribution < -0.4 is 4.74 Å². The smallest absolute Gasteiger partial charge is 0.120 e. The molecule has 0 aliphatic rings. The van der Waals surface area contributed by atoms with E-state index in [0.29, 0.717) is 6.61 Å². The molecule has 0 amide bonds. The fraction of sp³-hybridized carbons (Fsp3) is 0.143. The summed E-state index contributed by atoms with van der Waals surface area (Å²) in [6.45, 7) is 2.61. The van der Waals surface area contributed by atoms with E-state index in [1.54, 1.807) is 0 Å². The summed E-state index contributed by atoms with van der Waals surface area (Å²) in [5.41, 5.74) is 0. The van der Waals surface area contributed by atoms with Gasteiger partial charge >= 0.3 is 0 Å². The quantitative estimate of drug-likeness (QED) is 0.747. The first kappa shape index (κ1) is 11.2. The summed E-state index contributed by atoms with van der Waals surface area (Å²) in [6.07, 6.45) is 3.98. The van der Waals surface area contributed by atoms with Crippen molar-refractivity contribution in [3.05, 3.63) is 53.0 Å². The van der Waals surface area contributed by atoms with E-state index >= 15 is 0 Å². The third-order valence-electron chi connectivity index (χ3n) is 2.36. The van der Waals surface area contributed by atoms with Crippen molar-refractivity contribution in [2.45, 2.75) is 6.92 Å². The van der Waals surface area contributed by atoms with Crippen LogP contribution in [0.2, 0.25) is 0 Å². The fourth-order valence-corrected chi connectivity index (χ4v) is 1.90. The zero-order valence-electron chi connectivity index (χ0n) is 9.11. The molecule has 0 fully saturated rings. The maximum Gasteiger partial charge on any atom is 0.120 e. The number of hydrogen-bond donors (Lipinski definition) is 0. The minimum absolute atomic E-state index is 0.624. The van der Waals surface area contributed by atoms with Gasteiger partial charge in [0.2, 0.25) is 0 Å². The normalized spacial score (nSPS) is 11.1. The molecular weight excluding hydrogens is 264 g/mol. The van der Waals surface area contributed by atoms with E-state index in [-0.39, 0.29) is 0 Å². The first-order valence-corrected chi connectivity index (χ1v) is 6.02. The van der Waals surface area contributed by atoms with Gasteiger partial charge in [0.1, 0.15) is 12.4 Å². The lowest BCUT2D eigenvalue weighted by molar-refractivity contribution is 0.363. The lowest BCUT2D eigenvalue weighted by Gasteiger charge is -2.05. The Morgan fingerprint density at radius 3 is 2.69 bits per heavy atom. The van der Waals surface area contributed by atoms with E-state index in [4.69, 9.17) is 4.74 Å². The van der Waals surface area contributed by atoms with Gasteiger partial charge in [-0.3, -0.25) is 0 Å². The molecule has 1 nitrogen and oxygen atoms in total. The molecule has 2 aromatic carbocycles. The van der Waals surface area contributed by atoms with Gasteiger partial charge in [0.15, 0.2) is 0 Å². The lowest BCUT2D eigenvalue weighted by Crippen LogP contribution is -1.92. The van der Waals surface area contributed by atoms with E-state index in [9.17, 15) is 0 Å². The highest BCUT2D eigenvalue weighted by Gasteiger charge is 1.97. The number of rotatable bonds is 3. The zero-order valence-corrected chi connectivity index (χ0v) is 10.7. The van der Waals surface area contributed by atoms with Crippen LogP contribution in [0, 0.1) is 0 Å². The van der Waals surface area contributed by atoms with E-state index in [2.05, 4.69) is 40.2 Å². The van der Waals surface area contributed by atoms with Crippen molar-refractivity contribution in [2.75, 3.05) is 6.61 Å². The first-order chi connectivity index (χ1) is 7.79. The number of allylic oxidation sites excluding steroid dienone is 1. The molecule has 0 saturated carbocycles. The number of fused-ring (bicyclic) bond motifs is 1. The van der Waals surface area contributed by atoms with Crippen LogP contribution >= 0.6 is 15.9 Å². The summed E-state index contributed by atoms with van der Waals surface area (Å²) in [4.78, 5) is 0. The molecule has 0 bridgehead atoms. The second-order valence-electron chi connectivity index (χ2n) is 3.53. The largest absolute Gasteiger partial charge is 0.490 e. The molecule has 2 rings (SSSR count). The molecule has 0 spiro atoms. The second kappa shape index (κ2) is 5.17. The van der Waals surface area contributed by atoms with Gasteiger partial charge in [-0.15, -0.1) is 0 Å². The van der Waals surface area contributed by atoms with Crippen molar-refractivity contribution < 1.29 is 4.74 Å². The monoisotopic (exact) mass is 276 g/mol. The number of ether oxygens (including phenoxy) is 1. The van der Waals surface area contributed by atoms with Crippen molar-refractivity contribution in [3.63, 3.8) is 0 Å². The van der Waals surface area contributed by atoms with Crippen LogP contribution in [-0.2, 0) is 0 Å². The Hall–Kier alpha value is -1.28. The Labute approximate surface area is 104 Å². The molecule has 0 unspecified atom stereocenters. The van der Waals surface area contributed by atoms with Gasteiger partial charge in [-0.2, -0.15) is 0 Å². The molecule has 0 aliphatic heterocycles. The molecule has 2 aromatic rings. The number of hydrogen-bond acceptors (Lipinski definition) is 1. The molecule has 0 heterocycles. The predicted octanol–water partition coefficient (Wildman–Crippen LogP) is 4.56. The van der Waals surface area contributed by atoms with E-state index in [1.165, 1.54) is 10.8 Å². The molecule has 82 valence electrons. The van der Waals surface area contributed by atoms with Crippen LogP contribution in [-0.4, -0.2) is 6.61 Å². The third kappa shape index (κ3) is 2.64. The summed E-state index contributed by atoms with van der Waals surface area (Å²) in [5.74, 6) is 0.910. The van der Waals surface area contributed by atoms with Gasteiger partial charge in [0.25, 0.3) is 0 Å². The van der Waals surface area contributed by atoms with E-state index in [1.807, 2.05) is 31.2 Å². The second-order valence-corrected chi connectivity index (χ2v) is 4.45. The standard InChI is InChI=1S/C14H13BrO/c1-2-3-8-16-14-7-5-11-9-13(15)6-4-12(11)10-14/h2-7,9-10H,8H2,1H3. The Morgan fingerprint density at radius 1 is 1.12 bits per heavy atom. The van der Waals surface area contributed by atoms with Crippen LogP contribution in [0.4, 0.5) is 0 Å². The molecule has 0 aromatic heterocycles. The zero-order chi connectivity index (χ0) is 11.4.